The normalized spacial score (nSPS) is 17.6. The van der Waals surface area contributed by atoms with Gasteiger partial charge in [0.15, 0.2) is 0 Å². The SMILES string of the molecule is O=C(CCc1cc(Cl)cs1)NC1(C(=O)O)CCCCC1. The molecule has 0 atom stereocenters. The molecule has 0 unspecified atom stereocenters. The van der Waals surface area contributed by atoms with Crippen LogP contribution < -0.4 is 5.32 Å². The van der Waals surface area contributed by atoms with Crippen LogP contribution in [0.5, 0.6) is 0 Å². The zero-order valence-corrected chi connectivity index (χ0v) is 12.7. The predicted octanol–water partition coefficient (Wildman–Crippen LogP) is 3.24. The van der Waals surface area contributed by atoms with E-state index in [4.69, 9.17) is 11.6 Å². The molecule has 2 rings (SSSR count). The van der Waals surface area contributed by atoms with Gasteiger partial charge in [0.05, 0.1) is 5.02 Å². The Bertz CT molecular complexity index is 494. The molecule has 1 aromatic heterocycles. The van der Waals surface area contributed by atoms with Crippen molar-refractivity contribution in [1.82, 2.24) is 5.32 Å². The van der Waals surface area contributed by atoms with Gasteiger partial charge in [0.1, 0.15) is 5.54 Å². The molecule has 0 aliphatic heterocycles. The van der Waals surface area contributed by atoms with Crippen LogP contribution in [0.1, 0.15) is 43.4 Å². The molecule has 6 heteroatoms. The smallest absolute Gasteiger partial charge is 0.329 e. The summed E-state index contributed by atoms with van der Waals surface area (Å²) in [4.78, 5) is 24.5. The molecule has 1 aromatic rings. The van der Waals surface area contributed by atoms with Crippen LogP contribution in [-0.4, -0.2) is 22.5 Å². The van der Waals surface area contributed by atoms with Gasteiger partial charge in [-0.2, -0.15) is 0 Å². The van der Waals surface area contributed by atoms with Crippen molar-refractivity contribution in [1.29, 1.82) is 0 Å². The van der Waals surface area contributed by atoms with Gasteiger partial charge in [-0.1, -0.05) is 30.9 Å². The Morgan fingerprint density at radius 1 is 1.35 bits per heavy atom. The standard InChI is InChI=1S/C14H18ClNO3S/c15-10-8-11(20-9-10)4-5-12(17)16-14(13(18)19)6-2-1-3-7-14/h8-9H,1-7H2,(H,16,17)(H,18,19). The van der Waals surface area contributed by atoms with Crippen LogP contribution in [0.25, 0.3) is 0 Å². The molecule has 1 aliphatic carbocycles. The number of thiophene rings is 1. The molecule has 4 nitrogen and oxygen atoms in total. The Labute approximate surface area is 127 Å². The fraction of sp³-hybridized carbons (Fsp3) is 0.571. The number of halogens is 1. The van der Waals surface area contributed by atoms with Crippen LogP contribution in [0.4, 0.5) is 0 Å². The average Bonchev–Trinajstić information content (AvgIpc) is 2.83. The minimum absolute atomic E-state index is 0.196. The van der Waals surface area contributed by atoms with E-state index < -0.39 is 11.5 Å². The van der Waals surface area contributed by atoms with Crippen LogP contribution >= 0.6 is 22.9 Å². The molecule has 1 heterocycles. The van der Waals surface area contributed by atoms with Gasteiger partial charge >= 0.3 is 5.97 Å². The fourth-order valence-corrected chi connectivity index (χ4v) is 3.68. The molecule has 0 aromatic carbocycles. The number of carbonyl (C=O) groups is 2. The van der Waals surface area contributed by atoms with Crippen LogP contribution in [0.3, 0.4) is 0 Å². The molecule has 0 radical (unpaired) electrons. The van der Waals surface area contributed by atoms with Crippen molar-refractivity contribution in [2.45, 2.75) is 50.5 Å². The second kappa shape index (κ2) is 6.59. The highest BCUT2D eigenvalue weighted by Gasteiger charge is 2.40. The minimum atomic E-state index is -1.05. The maximum Gasteiger partial charge on any atom is 0.329 e. The van der Waals surface area contributed by atoms with E-state index in [0.717, 1.165) is 24.1 Å². The number of nitrogens with one attached hydrogen (secondary N) is 1. The first kappa shape index (κ1) is 15.3. The van der Waals surface area contributed by atoms with Gasteiger partial charge in [0, 0.05) is 16.7 Å². The van der Waals surface area contributed by atoms with Crippen molar-refractivity contribution >= 4 is 34.8 Å². The zero-order valence-electron chi connectivity index (χ0n) is 11.2. The number of aryl methyl sites for hydroxylation is 1. The van der Waals surface area contributed by atoms with Gasteiger partial charge in [-0.05, 0) is 25.3 Å². The third-order valence-electron chi connectivity index (χ3n) is 3.72. The molecule has 1 aliphatic rings. The molecular weight excluding hydrogens is 298 g/mol. The molecular formula is C14H18ClNO3S. The number of hydrogen-bond donors (Lipinski definition) is 2. The highest BCUT2D eigenvalue weighted by Crippen LogP contribution is 2.29. The van der Waals surface area contributed by atoms with E-state index in [1.54, 1.807) is 0 Å². The van der Waals surface area contributed by atoms with E-state index in [9.17, 15) is 14.7 Å². The summed E-state index contributed by atoms with van der Waals surface area (Å²) < 4.78 is 0. The van der Waals surface area contributed by atoms with Crippen molar-refractivity contribution in [3.8, 4) is 0 Å². The largest absolute Gasteiger partial charge is 0.480 e. The first-order chi connectivity index (χ1) is 9.52. The van der Waals surface area contributed by atoms with Crippen molar-refractivity contribution in [2.24, 2.45) is 0 Å². The Morgan fingerprint density at radius 2 is 2.05 bits per heavy atom. The first-order valence-electron chi connectivity index (χ1n) is 6.79. The van der Waals surface area contributed by atoms with Gasteiger partial charge in [0.2, 0.25) is 5.91 Å². The molecule has 1 amide bonds. The summed E-state index contributed by atoms with van der Waals surface area (Å²) in [6.45, 7) is 0. The molecule has 1 fully saturated rings. The number of amides is 1. The lowest BCUT2D eigenvalue weighted by atomic mass is 9.81. The second-order valence-electron chi connectivity index (χ2n) is 5.23. The maximum atomic E-state index is 12.0. The van der Waals surface area contributed by atoms with Crippen molar-refractivity contribution in [3.63, 3.8) is 0 Å². The summed E-state index contributed by atoms with van der Waals surface area (Å²) in [6.07, 6.45) is 4.70. The highest BCUT2D eigenvalue weighted by molar-refractivity contribution is 7.10. The van der Waals surface area contributed by atoms with E-state index in [1.807, 2.05) is 11.4 Å². The van der Waals surface area contributed by atoms with Gasteiger partial charge in [-0.15, -0.1) is 11.3 Å². The topological polar surface area (TPSA) is 66.4 Å². The second-order valence-corrected chi connectivity index (χ2v) is 6.66. The summed E-state index contributed by atoms with van der Waals surface area (Å²) in [7, 11) is 0. The number of rotatable bonds is 5. The number of carboxylic acids is 1. The summed E-state index contributed by atoms with van der Waals surface area (Å²) in [5.74, 6) is -1.11. The lowest BCUT2D eigenvalue weighted by Crippen LogP contribution is -2.55. The molecule has 0 bridgehead atoms. The summed E-state index contributed by atoms with van der Waals surface area (Å²) in [6, 6.07) is 1.84. The molecule has 0 spiro atoms. The van der Waals surface area contributed by atoms with Gasteiger partial charge in [-0.25, -0.2) is 4.79 Å². The van der Waals surface area contributed by atoms with E-state index in [-0.39, 0.29) is 5.91 Å². The van der Waals surface area contributed by atoms with Crippen molar-refractivity contribution in [3.05, 3.63) is 21.3 Å². The monoisotopic (exact) mass is 315 g/mol. The van der Waals surface area contributed by atoms with Crippen LogP contribution in [0.2, 0.25) is 5.02 Å². The molecule has 2 N–H and O–H groups in total. The van der Waals surface area contributed by atoms with Gasteiger partial charge < -0.3 is 10.4 Å². The van der Waals surface area contributed by atoms with Gasteiger partial charge in [-0.3, -0.25) is 4.79 Å². The Morgan fingerprint density at radius 3 is 2.60 bits per heavy atom. The minimum Gasteiger partial charge on any atom is -0.480 e. The Hall–Kier alpha value is -1.07. The number of carboxylic acid groups (broad SMARTS) is 1. The van der Waals surface area contributed by atoms with Crippen LogP contribution in [0.15, 0.2) is 11.4 Å². The van der Waals surface area contributed by atoms with E-state index >= 15 is 0 Å². The molecule has 0 saturated heterocycles. The summed E-state index contributed by atoms with van der Waals surface area (Å²) in [5, 5.41) is 14.6. The predicted molar refractivity (Wildman–Crippen MR) is 79.2 cm³/mol. The summed E-state index contributed by atoms with van der Waals surface area (Å²) in [5.41, 5.74) is -1.05. The molecule has 110 valence electrons. The highest BCUT2D eigenvalue weighted by atomic mass is 35.5. The average molecular weight is 316 g/mol. The fourth-order valence-electron chi connectivity index (χ4n) is 2.60. The third kappa shape index (κ3) is 3.73. The van der Waals surface area contributed by atoms with E-state index in [2.05, 4.69) is 5.32 Å². The Balaban J connectivity index is 1.90. The third-order valence-corrected chi connectivity index (χ3v) is 5.06. The number of aliphatic carboxylic acids is 1. The van der Waals surface area contributed by atoms with Crippen LogP contribution in [-0.2, 0) is 16.0 Å². The van der Waals surface area contributed by atoms with Gasteiger partial charge in [0.25, 0.3) is 0 Å². The first-order valence-corrected chi connectivity index (χ1v) is 8.05. The van der Waals surface area contributed by atoms with Crippen LogP contribution in [0, 0.1) is 0 Å². The quantitative estimate of drug-likeness (QED) is 0.876. The summed E-state index contributed by atoms with van der Waals surface area (Å²) >= 11 is 7.34. The zero-order chi connectivity index (χ0) is 14.6. The Kier molecular flexibility index (Phi) is 5.05. The van der Waals surface area contributed by atoms with Crippen molar-refractivity contribution < 1.29 is 14.7 Å². The lowest BCUT2D eigenvalue weighted by Gasteiger charge is -2.34. The van der Waals surface area contributed by atoms with E-state index in [1.165, 1.54) is 11.3 Å². The number of hydrogen-bond acceptors (Lipinski definition) is 3. The van der Waals surface area contributed by atoms with E-state index in [0.29, 0.717) is 30.7 Å². The lowest BCUT2D eigenvalue weighted by molar-refractivity contribution is -0.149. The number of carbonyl (C=O) groups excluding carboxylic acids is 1. The maximum absolute atomic E-state index is 12.0. The molecule has 20 heavy (non-hydrogen) atoms. The van der Waals surface area contributed by atoms with Crippen molar-refractivity contribution in [2.75, 3.05) is 0 Å². The molecule has 1 saturated carbocycles.